The number of halogens is 1. The van der Waals surface area contributed by atoms with E-state index in [0.717, 1.165) is 22.0 Å². The smallest absolute Gasteiger partial charge is 0.156 e. The third kappa shape index (κ3) is 3.79. The van der Waals surface area contributed by atoms with Crippen LogP contribution in [0.5, 0.6) is 0 Å². The van der Waals surface area contributed by atoms with Crippen molar-refractivity contribution in [3.8, 4) is 0 Å². The van der Waals surface area contributed by atoms with Gasteiger partial charge in [-0.3, -0.25) is 0 Å². The molecule has 0 radical (unpaired) electrons. The molecule has 3 rings (SSSR count). The van der Waals surface area contributed by atoms with E-state index in [2.05, 4.69) is 49.8 Å². The molecule has 22 heavy (non-hydrogen) atoms. The van der Waals surface area contributed by atoms with Crippen molar-refractivity contribution in [2.75, 3.05) is 0 Å². The van der Waals surface area contributed by atoms with Crippen LogP contribution < -0.4 is 5.32 Å². The maximum absolute atomic E-state index is 6.08. The highest BCUT2D eigenvalue weighted by atomic mass is 79.9. The summed E-state index contributed by atoms with van der Waals surface area (Å²) in [6, 6.07) is 20.5. The van der Waals surface area contributed by atoms with Crippen molar-refractivity contribution in [3.05, 3.63) is 82.9 Å². The predicted molar refractivity (Wildman–Crippen MR) is 102 cm³/mol. The Morgan fingerprint density at radius 3 is 2.18 bits per heavy atom. The molecule has 114 valence electrons. The molecule has 2 aromatic rings. The lowest BCUT2D eigenvalue weighted by Crippen LogP contribution is -2.17. The van der Waals surface area contributed by atoms with Crippen molar-refractivity contribution in [2.24, 2.45) is 0 Å². The van der Waals surface area contributed by atoms with Gasteiger partial charge < -0.3 is 9.50 Å². The molecule has 5 heteroatoms. The minimum absolute atomic E-state index is 0.540. The summed E-state index contributed by atoms with van der Waals surface area (Å²) < 4.78 is 6.81. The second kappa shape index (κ2) is 6.96. The maximum Gasteiger partial charge on any atom is 0.156 e. The molecule has 1 aliphatic heterocycles. The number of thiocarbonyl (C=S) groups is 1. The van der Waals surface area contributed by atoms with E-state index in [0.29, 0.717) is 6.61 Å². The molecular formula is C17H16BrNOS2. The first-order chi connectivity index (χ1) is 10.7. The second-order valence-corrected chi connectivity index (χ2v) is 10.5. The van der Waals surface area contributed by atoms with Gasteiger partial charge in [-0.2, -0.15) is 0 Å². The molecule has 0 amide bonds. The number of allylic oxidation sites excluding steroid dienone is 1. The summed E-state index contributed by atoms with van der Waals surface area (Å²) in [5.74, 6) is 0. The van der Waals surface area contributed by atoms with Crippen LogP contribution in [0.15, 0.2) is 71.8 Å². The third-order valence-electron chi connectivity index (χ3n) is 3.29. The van der Waals surface area contributed by atoms with Crippen LogP contribution in [0.2, 0.25) is 0 Å². The summed E-state index contributed by atoms with van der Waals surface area (Å²) in [4.78, 5) is 0. The van der Waals surface area contributed by atoms with Crippen molar-refractivity contribution < 1.29 is 4.18 Å². The monoisotopic (exact) mass is 393 g/mol. The van der Waals surface area contributed by atoms with E-state index in [1.165, 1.54) is 5.56 Å². The predicted octanol–water partition coefficient (Wildman–Crippen LogP) is 5.20. The summed E-state index contributed by atoms with van der Waals surface area (Å²) in [6.07, 6.45) is 0.829. The standard InChI is InChI=1S/C17H16BrNOS2/c18-22(20-12-15-9-5-2-6-10-15)13-16(19-17(22)21)11-14-7-3-1-4-8-14/h1-10,13H,11-12H2,(H,19,21). The van der Waals surface area contributed by atoms with Gasteiger partial charge in [-0.05, 0) is 19.9 Å². The zero-order chi connectivity index (χ0) is 15.4. The first-order valence-electron chi connectivity index (χ1n) is 6.92. The Hall–Kier alpha value is -1.14. The van der Waals surface area contributed by atoms with Crippen LogP contribution in [0.1, 0.15) is 11.1 Å². The molecule has 1 heterocycles. The Morgan fingerprint density at radius 1 is 0.955 bits per heavy atom. The third-order valence-corrected chi connectivity index (χ3v) is 8.52. The van der Waals surface area contributed by atoms with Gasteiger partial charge in [-0.15, -0.1) is 0 Å². The molecule has 0 aromatic heterocycles. The van der Waals surface area contributed by atoms with Gasteiger partial charge in [0.1, 0.15) is 0 Å². The van der Waals surface area contributed by atoms with Crippen molar-refractivity contribution in [3.63, 3.8) is 0 Å². The molecule has 1 unspecified atom stereocenters. The number of hydrogen-bond acceptors (Lipinski definition) is 2. The summed E-state index contributed by atoms with van der Waals surface area (Å²) in [5.41, 5.74) is 3.49. The lowest BCUT2D eigenvalue weighted by atomic mass is 10.1. The van der Waals surface area contributed by atoms with Gasteiger partial charge >= 0.3 is 0 Å². The molecule has 1 aliphatic rings. The molecule has 0 spiro atoms. The van der Waals surface area contributed by atoms with Crippen molar-refractivity contribution in [2.45, 2.75) is 13.0 Å². The van der Waals surface area contributed by atoms with E-state index in [4.69, 9.17) is 16.4 Å². The number of benzene rings is 2. The topological polar surface area (TPSA) is 21.3 Å². The Kier molecular flexibility index (Phi) is 4.98. The SMILES string of the molecule is S=C1NC(Cc2ccccc2)=CS1(Br)OCc1ccccc1. The molecular weight excluding hydrogens is 378 g/mol. The Balaban J connectivity index is 1.68. The van der Waals surface area contributed by atoms with Crippen molar-refractivity contribution in [1.82, 2.24) is 5.32 Å². The van der Waals surface area contributed by atoms with Crippen LogP contribution in [-0.4, -0.2) is 4.32 Å². The van der Waals surface area contributed by atoms with Gasteiger partial charge in [0.05, 0.1) is 6.61 Å². The average Bonchev–Trinajstić information content (AvgIpc) is 2.82. The summed E-state index contributed by atoms with van der Waals surface area (Å²) in [5, 5.41) is 5.39. The van der Waals surface area contributed by atoms with Gasteiger partial charge in [0.15, 0.2) is 4.32 Å². The Bertz CT molecular complexity index is 690. The van der Waals surface area contributed by atoms with Gasteiger partial charge in [0, 0.05) is 32.3 Å². The first kappa shape index (κ1) is 15.7. The van der Waals surface area contributed by atoms with E-state index in [-0.39, 0.29) is 0 Å². The van der Waals surface area contributed by atoms with E-state index >= 15 is 0 Å². The van der Waals surface area contributed by atoms with Gasteiger partial charge in [0.25, 0.3) is 0 Å². The van der Waals surface area contributed by atoms with Crippen LogP contribution in [0, 0.1) is 0 Å². The molecule has 0 aliphatic carbocycles. The zero-order valence-electron chi connectivity index (χ0n) is 11.9. The average molecular weight is 394 g/mol. The molecule has 0 saturated carbocycles. The second-order valence-electron chi connectivity index (χ2n) is 4.99. The zero-order valence-corrected chi connectivity index (χ0v) is 15.1. The van der Waals surface area contributed by atoms with E-state index in [1.807, 2.05) is 36.4 Å². The summed E-state index contributed by atoms with van der Waals surface area (Å²) in [7, 11) is -1.68. The largest absolute Gasteiger partial charge is 0.343 e. The molecule has 2 nitrogen and oxygen atoms in total. The lowest BCUT2D eigenvalue weighted by Gasteiger charge is -2.24. The van der Waals surface area contributed by atoms with Gasteiger partial charge in [0.2, 0.25) is 0 Å². The normalized spacial score (nSPS) is 23.5. The maximum atomic E-state index is 6.08. The van der Waals surface area contributed by atoms with Crippen LogP contribution in [0.4, 0.5) is 0 Å². The van der Waals surface area contributed by atoms with Crippen molar-refractivity contribution >= 4 is 40.1 Å². The van der Waals surface area contributed by atoms with Crippen LogP contribution >= 0.6 is 35.8 Å². The molecule has 2 aromatic carbocycles. The van der Waals surface area contributed by atoms with E-state index in [9.17, 15) is 0 Å². The minimum atomic E-state index is -1.68. The van der Waals surface area contributed by atoms with Crippen molar-refractivity contribution in [1.29, 1.82) is 0 Å². The number of hydrogen-bond donors (Lipinski definition) is 1. The molecule has 0 fully saturated rings. The van der Waals surface area contributed by atoms with Gasteiger partial charge in [-0.1, -0.05) is 72.9 Å². The Morgan fingerprint density at radius 2 is 1.55 bits per heavy atom. The Labute approximate surface area is 145 Å². The quantitative estimate of drug-likeness (QED) is 0.704. The number of rotatable bonds is 5. The van der Waals surface area contributed by atoms with E-state index < -0.39 is 8.74 Å². The first-order valence-corrected chi connectivity index (χ1v) is 10.8. The minimum Gasteiger partial charge on any atom is -0.343 e. The highest BCUT2D eigenvalue weighted by molar-refractivity contribution is 9.60. The fourth-order valence-electron chi connectivity index (χ4n) is 2.18. The molecule has 1 atom stereocenters. The lowest BCUT2D eigenvalue weighted by molar-refractivity contribution is 0.361. The van der Waals surface area contributed by atoms with E-state index in [1.54, 1.807) is 0 Å². The fraction of sp³-hybridized carbons (Fsp3) is 0.118. The fourth-order valence-corrected chi connectivity index (χ4v) is 5.17. The van der Waals surface area contributed by atoms with Crippen LogP contribution in [0.25, 0.3) is 0 Å². The van der Waals surface area contributed by atoms with Gasteiger partial charge in [-0.25, -0.2) is 0 Å². The summed E-state index contributed by atoms with van der Waals surface area (Å²) >= 11 is 9.17. The number of nitrogens with one attached hydrogen (secondary N) is 1. The molecule has 0 bridgehead atoms. The van der Waals surface area contributed by atoms with Crippen LogP contribution in [-0.2, 0) is 17.2 Å². The molecule has 0 saturated heterocycles. The molecule has 1 N–H and O–H groups in total. The highest BCUT2D eigenvalue weighted by Crippen LogP contribution is 2.62. The van der Waals surface area contributed by atoms with Crippen LogP contribution in [0.3, 0.4) is 0 Å². The summed E-state index contributed by atoms with van der Waals surface area (Å²) in [6.45, 7) is 0.540. The highest BCUT2D eigenvalue weighted by Gasteiger charge is 2.32.